The molecular weight excluding hydrogens is 248 g/mol. The topological polar surface area (TPSA) is 27.1 Å². The highest BCUT2D eigenvalue weighted by Crippen LogP contribution is 2.35. The molecule has 1 fully saturated rings. The van der Waals surface area contributed by atoms with E-state index in [2.05, 4.69) is 54.6 Å². The van der Waals surface area contributed by atoms with Crippen molar-refractivity contribution in [2.75, 3.05) is 0 Å². The fourth-order valence-corrected chi connectivity index (χ4v) is 2.33. The maximum Gasteiger partial charge on any atom is 0.130 e. The van der Waals surface area contributed by atoms with E-state index in [1.54, 1.807) is 0 Å². The minimum Gasteiger partial charge on any atom is -0.487 e. The zero-order valence-corrected chi connectivity index (χ0v) is 12.5. The lowest BCUT2D eigenvalue weighted by atomic mass is 9.87. The van der Waals surface area contributed by atoms with Crippen molar-refractivity contribution >= 4 is 0 Å². The Hall–Kier alpha value is -1.77. The van der Waals surface area contributed by atoms with Gasteiger partial charge in [-0.15, -0.1) is 0 Å². The van der Waals surface area contributed by atoms with Gasteiger partial charge in [-0.05, 0) is 36.0 Å². The number of imidazole rings is 1. The second kappa shape index (κ2) is 4.97. The van der Waals surface area contributed by atoms with Gasteiger partial charge in [-0.2, -0.15) is 0 Å². The van der Waals surface area contributed by atoms with Crippen LogP contribution in [0.25, 0.3) is 0 Å². The number of aromatic nitrogens is 2. The Labute approximate surface area is 120 Å². The third-order valence-electron chi connectivity index (χ3n) is 3.79. The molecule has 2 aromatic rings. The van der Waals surface area contributed by atoms with Gasteiger partial charge >= 0.3 is 0 Å². The Morgan fingerprint density at radius 3 is 2.50 bits per heavy atom. The maximum atomic E-state index is 5.88. The predicted molar refractivity (Wildman–Crippen MR) is 80.0 cm³/mol. The highest BCUT2D eigenvalue weighted by Gasteiger charge is 2.25. The van der Waals surface area contributed by atoms with Crippen molar-refractivity contribution in [3.8, 4) is 5.75 Å². The molecule has 0 saturated heterocycles. The summed E-state index contributed by atoms with van der Waals surface area (Å²) in [7, 11) is 0. The van der Waals surface area contributed by atoms with E-state index in [1.807, 2.05) is 12.5 Å². The van der Waals surface area contributed by atoms with Gasteiger partial charge in [0.25, 0.3) is 0 Å². The fourth-order valence-electron chi connectivity index (χ4n) is 2.33. The first kappa shape index (κ1) is 13.2. The normalized spacial score (nSPS) is 15.3. The zero-order chi connectivity index (χ0) is 14.2. The monoisotopic (exact) mass is 270 g/mol. The number of hydrogen-bond donors (Lipinski definition) is 0. The van der Waals surface area contributed by atoms with Gasteiger partial charge in [-0.25, -0.2) is 4.98 Å². The molecule has 20 heavy (non-hydrogen) atoms. The van der Waals surface area contributed by atoms with Crippen LogP contribution in [0.5, 0.6) is 5.75 Å². The Bertz CT molecular complexity index is 574. The molecule has 0 radical (unpaired) electrons. The smallest absolute Gasteiger partial charge is 0.130 e. The molecule has 1 aromatic heterocycles. The number of benzene rings is 1. The lowest BCUT2D eigenvalue weighted by Gasteiger charge is -2.19. The molecule has 1 heterocycles. The average Bonchev–Trinajstić information content (AvgIpc) is 3.15. The summed E-state index contributed by atoms with van der Waals surface area (Å²) in [5.74, 6) is 0.918. The van der Waals surface area contributed by atoms with Crippen LogP contribution < -0.4 is 4.74 Å². The van der Waals surface area contributed by atoms with Gasteiger partial charge in [-0.1, -0.05) is 32.9 Å². The quantitative estimate of drug-likeness (QED) is 0.836. The molecule has 0 N–H and O–H groups in total. The molecule has 3 nitrogen and oxygen atoms in total. The van der Waals surface area contributed by atoms with Crippen molar-refractivity contribution in [2.24, 2.45) is 0 Å². The molecule has 3 heteroatoms. The van der Waals surface area contributed by atoms with Gasteiger partial charge in [0, 0.05) is 6.04 Å². The first-order chi connectivity index (χ1) is 9.54. The number of hydrogen-bond acceptors (Lipinski definition) is 2. The predicted octanol–water partition coefficient (Wildman–Crippen LogP) is 4.09. The minimum atomic E-state index is 0.184. The largest absolute Gasteiger partial charge is 0.487 e. The molecule has 0 amide bonds. The van der Waals surface area contributed by atoms with E-state index < -0.39 is 0 Å². The van der Waals surface area contributed by atoms with Crippen LogP contribution in [0.15, 0.2) is 36.8 Å². The summed E-state index contributed by atoms with van der Waals surface area (Å²) in [5, 5.41) is 0. The average molecular weight is 270 g/mol. The lowest BCUT2D eigenvalue weighted by Crippen LogP contribution is -2.10. The van der Waals surface area contributed by atoms with E-state index >= 15 is 0 Å². The highest BCUT2D eigenvalue weighted by molar-refractivity contribution is 5.31. The van der Waals surface area contributed by atoms with Gasteiger partial charge in [0.1, 0.15) is 12.4 Å². The summed E-state index contributed by atoms with van der Waals surface area (Å²) in [6, 6.07) is 9.05. The Kier molecular flexibility index (Phi) is 3.28. The van der Waals surface area contributed by atoms with Crippen LogP contribution in [-0.4, -0.2) is 9.55 Å². The van der Waals surface area contributed by atoms with Gasteiger partial charge in [0.05, 0.1) is 18.2 Å². The van der Waals surface area contributed by atoms with Gasteiger partial charge in [-0.3, -0.25) is 0 Å². The Morgan fingerprint density at radius 2 is 1.90 bits per heavy atom. The summed E-state index contributed by atoms with van der Waals surface area (Å²) in [4.78, 5) is 4.23. The standard InChI is InChI=1S/C17H22N2O/c1-17(2,3)13-4-8-16(9-5-13)20-11-15-10-18-12-19(15)14-6-7-14/h4-5,8-10,12,14H,6-7,11H2,1-3H3. The third-order valence-corrected chi connectivity index (χ3v) is 3.79. The summed E-state index contributed by atoms with van der Waals surface area (Å²) >= 11 is 0. The van der Waals surface area contributed by atoms with Crippen molar-refractivity contribution in [3.05, 3.63) is 48.0 Å². The highest BCUT2D eigenvalue weighted by atomic mass is 16.5. The van der Waals surface area contributed by atoms with Crippen molar-refractivity contribution in [1.82, 2.24) is 9.55 Å². The summed E-state index contributed by atoms with van der Waals surface area (Å²) in [6.45, 7) is 7.25. The molecule has 1 aliphatic rings. The van der Waals surface area contributed by atoms with Crippen molar-refractivity contribution in [2.45, 2.75) is 51.7 Å². The van der Waals surface area contributed by atoms with E-state index in [9.17, 15) is 0 Å². The van der Waals surface area contributed by atoms with Crippen LogP contribution in [0.1, 0.15) is 50.9 Å². The molecule has 0 aliphatic heterocycles. The summed E-state index contributed by atoms with van der Waals surface area (Å²) < 4.78 is 8.12. The molecule has 1 aliphatic carbocycles. The van der Waals surface area contributed by atoms with Gasteiger partial charge in [0.15, 0.2) is 0 Å². The first-order valence-corrected chi connectivity index (χ1v) is 7.28. The lowest BCUT2D eigenvalue weighted by molar-refractivity contribution is 0.294. The van der Waals surface area contributed by atoms with Crippen LogP contribution in [0.2, 0.25) is 0 Å². The molecule has 3 rings (SSSR count). The first-order valence-electron chi connectivity index (χ1n) is 7.28. The van der Waals surface area contributed by atoms with Crippen LogP contribution in [0.3, 0.4) is 0 Å². The van der Waals surface area contributed by atoms with Crippen molar-refractivity contribution in [1.29, 1.82) is 0 Å². The van der Waals surface area contributed by atoms with Gasteiger partial charge in [0.2, 0.25) is 0 Å². The molecule has 1 aromatic carbocycles. The zero-order valence-electron chi connectivity index (χ0n) is 12.5. The van der Waals surface area contributed by atoms with Crippen LogP contribution in [0, 0.1) is 0 Å². The van der Waals surface area contributed by atoms with E-state index in [-0.39, 0.29) is 5.41 Å². The van der Waals surface area contributed by atoms with E-state index in [0.29, 0.717) is 12.6 Å². The number of rotatable bonds is 4. The summed E-state index contributed by atoms with van der Waals surface area (Å²) in [6.07, 6.45) is 6.36. The number of ether oxygens (including phenoxy) is 1. The molecule has 0 unspecified atom stereocenters. The molecule has 0 atom stereocenters. The maximum absolute atomic E-state index is 5.88. The molecule has 0 bridgehead atoms. The molecule has 106 valence electrons. The van der Waals surface area contributed by atoms with E-state index in [0.717, 1.165) is 11.4 Å². The van der Waals surface area contributed by atoms with Crippen LogP contribution >= 0.6 is 0 Å². The number of nitrogens with zero attached hydrogens (tertiary/aromatic N) is 2. The minimum absolute atomic E-state index is 0.184. The Morgan fingerprint density at radius 1 is 1.20 bits per heavy atom. The van der Waals surface area contributed by atoms with E-state index in [1.165, 1.54) is 18.4 Å². The SMILES string of the molecule is CC(C)(C)c1ccc(OCc2cncn2C2CC2)cc1. The van der Waals surface area contributed by atoms with Crippen molar-refractivity contribution in [3.63, 3.8) is 0 Å². The fraction of sp³-hybridized carbons (Fsp3) is 0.471. The molecule has 0 spiro atoms. The second-order valence-electron chi connectivity index (χ2n) is 6.59. The van der Waals surface area contributed by atoms with Crippen LogP contribution in [-0.2, 0) is 12.0 Å². The van der Waals surface area contributed by atoms with Crippen LogP contribution in [0.4, 0.5) is 0 Å². The summed E-state index contributed by atoms with van der Waals surface area (Å²) in [5.41, 5.74) is 2.67. The third kappa shape index (κ3) is 2.87. The van der Waals surface area contributed by atoms with Gasteiger partial charge < -0.3 is 9.30 Å². The Balaban J connectivity index is 1.65. The van der Waals surface area contributed by atoms with Crippen molar-refractivity contribution < 1.29 is 4.74 Å². The second-order valence-corrected chi connectivity index (χ2v) is 6.59. The van der Waals surface area contributed by atoms with E-state index in [4.69, 9.17) is 4.74 Å². The molecular formula is C17H22N2O. The molecule has 1 saturated carbocycles.